The number of nitrogens with zero attached hydrogens (tertiary/aromatic N) is 3. The van der Waals surface area contributed by atoms with Crippen LogP contribution in [0.25, 0.3) is 0 Å². The van der Waals surface area contributed by atoms with Crippen LogP contribution in [0.1, 0.15) is 12.8 Å². The fourth-order valence-corrected chi connectivity index (χ4v) is 3.06. The van der Waals surface area contributed by atoms with Crippen LogP contribution >= 0.6 is 24.0 Å². The Kier molecular flexibility index (Phi) is 13.0. The Bertz CT molecular complexity index is 556. The van der Waals surface area contributed by atoms with E-state index in [0.29, 0.717) is 13.2 Å². The van der Waals surface area contributed by atoms with Crippen LogP contribution < -0.4 is 20.1 Å². The molecule has 0 unspecified atom stereocenters. The van der Waals surface area contributed by atoms with Crippen molar-refractivity contribution in [3.05, 3.63) is 24.3 Å². The van der Waals surface area contributed by atoms with Gasteiger partial charge in [-0.25, -0.2) is 0 Å². The summed E-state index contributed by atoms with van der Waals surface area (Å²) in [4.78, 5) is 9.24. The van der Waals surface area contributed by atoms with E-state index in [1.165, 1.54) is 32.6 Å². The molecule has 0 saturated carbocycles. The monoisotopic (exact) mass is 505 g/mol. The number of guanidine groups is 1. The highest BCUT2D eigenvalue weighted by atomic mass is 127. The van der Waals surface area contributed by atoms with Crippen LogP contribution in [0, 0.1) is 0 Å². The third kappa shape index (κ3) is 9.79. The topological polar surface area (TPSA) is 61.4 Å². The molecule has 0 amide bonds. The molecule has 1 aromatic rings. The van der Waals surface area contributed by atoms with Crippen molar-refractivity contribution in [3.63, 3.8) is 0 Å². The van der Waals surface area contributed by atoms with Crippen LogP contribution in [0.5, 0.6) is 11.5 Å². The second kappa shape index (κ2) is 14.7. The molecule has 1 aliphatic rings. The molecular formula is C20H36IN5O2. The SMILES string of the molecule is CN=C(NCCCN1CCCN(C)CC1)NCCOc1ccc(OC)cc1.I. The standard InChI is InChI=1S/C20H35N5O2.HI/c1-21-20(22-10-4-13-25-14-5-12-24(2)15-16-25)23-11-17-27-19-8-6-18(26-3)7-9-19;/h6-9H,4-5,10-17H2,1-3H3,(H2,21,22,23);1H. The summed E-state index contributed by atoms with van der Waals surface area (Å²) in [5.41, 5.74) is 0. The minimum atomic E-state index is 0. The smallest absolute Gasteiger partial charge is 0.191 e. The number of rotatable bonds is 9. The Labute approximate surface area is 186 Å². The predicted octanol–water partition coefficient (Wildman–Crippen LogP) is 1.88. The zero-order valence-electron chi connectivity index (χ0n) is 17.4. The molecule has 2 N–H and O–H groups in total. The summed E-state index contributed by atoms with van der Waals surface area (Å²) in [6.07, 6.45) is 2.38. The van der Waals surface area contributed by atoms with Crippen molar-refractivity contribution in [2.24, 2.45) is 4.99 Å². The van der Waals surface area contributed by atoms with Gasteiger partial charge in [-0.1, -0.05) is 0 Å². The predicted molar refractivity (Wildman–Crippen MR) is 126 cm³/mol. The average molecular weight is 505 g/mol. The third-order valence-electron chi connectivity index (χ3n) is 4.70. The maximum Gasteiger partial charge on any atom is 0.191 e. The second-order valence-corrected chi connectivity index (χ2v) is 6.80. The lowest BCUT2D eigenvalue weighted by Crippen LogP contribution is -2.40. The lowest BCUT2D eigenvalue weighted by molar-refractivity contribution is 0.273. The quantitative estimate of drug-likeness (QED) is 0.232. The van der Waals surface area contributed by atoms with Gasteiger partial charge >= 0.3 is 0 Å². The van der Waals surface area contributed by atoms with E-state index >= 15 is 0 Å². The molecule has 0 spiro atoms. The summed E-state index contributed by atoms with van der Waals surface area (Å²) >= 11 is 0. The number of halogens is 1. The molecule has 1 heterocycles. The van der Waals surface area contributed by atoms with Crippen molar-refractivity contribution in [1.82, 2.24) is 20.4 Å². The van der Waals surface area contributed by atoms with E-state index in [4.69, 9.17) is 9.47 Å². The average Bonchev–Trinajstić information content (AvgIpc) is 2.91. The normalized spacial score (nSPS) is 16.0. The summed E-state index contributed by atoms with van der Waals surface area (Å²) in [7, 11) is 5.66. The molecular weight excluding hydrogens is 469 g/mol. The molecule has 0 atom stereocenters. The Hall–Kier alpha value is -1.26. The van der Waals surface area contributed by atoms with Crippen LogP contribution in [0.4, 0.5) is 0 Å². The van der Waals surface area contributed by atoms with Gasteiger partial charge in [0.25, 0.3) is 0 Å². The molecule has 0 bridgehead atoms. The highest BCUT2D eigenvalue weighted by Gasteiger charge is 2.11. The summed E-state index contributed by atoms with van der Waals surface area (Å²) in [6.45, 7) is 8.10. The van der Waals surface area contributed by atoms with Crippen LogP contribution in [0.2, 0.25) is 0 Å². The molecule has 1 saturated heterocycles. The molecule has 28 heavy (non-hydrogen) atoms. The van der Waals surface area contributed by atoms with Gasteiger partial charge in [0.05, 0.1) is 13.7 Å². The second-order valence-electron chi connectivity index (χ2n) is 6.80. The lowest BCUT2D eigenvalue weighted by atomic mass is 10.3. The Balaban J connectivity index is 0.00000392. The van der Waals surface area contributed by atoms with Gasteiger partial charge in [-0.05, 0) is 63.8 Å². The number of ether oxygens (including phenoxy) is 2. The zero-order valence-corrected chi connectivity index (χ0v) is 19.8. The summed E-state index contributed by atoms with van der Waals surface area (Å²) in [5, 5.41) is 6.66. The minimum Gasteiger partial charge on any atom is -0.497 e. The van der Waals surface area contributed by atoms with Crippen LogP contribution in [-0.4, -0.2) is 89.4 Å². The van der Waals surface area contributed by atoms with Crippen LogP contribution in [0.3, 0.4) is 0 Å². The van der Waals surface area contributed by atoms with E-state index < -0.39 is 0 Å². The maximum atomic E-state index is 5.71. The van der Waals surface area contributed by atoms with Gasteiger partial charge in [0.1, 0.15) is 18.1 Å². The van der Waals surface area contributed by atoms with Crippen LogP contribution in [0.15, 0.2) is 29.3 Å². The molecule has 1 aromatic carbocycles. The molecule has 7 nitrogen and oxygen atoms in total. The number of likely N-dealkylation sites (N-methyl/N-ethyl adjacent to an activating group) is 1. The first-order chi connectivity index (χ1) is 13.2. The summed E-state index contributed by atoms with van der Waals surface area (Å²) < 4.78 is 10.9. The molecule has 0 radical (unpaired) electrons. The van der Waals surface area contributed by atoms with E-state index in [0.717, 1.165) is 37.0 Å². The van der Waals surface area contributed by atoms with Gasteiger partial charge in [-0.3, -0.25) is 4.99 Å². The Morgan fingerprint density at radius 1 is 1.04 bits per heavy atom. The molecule has 8 heteroatoms. The van der Waals surface area contributed by atoms with E-state index in [1.807, 2.05) is 24.3 Å². The molecule has 2 rings (SSSR count). The maximum absolute atomic E-state index is 5.71. The minimum absolute atomic E-state index is 0. The molecule has 0 aromatic heterocycles. The zero-order chi connectivity index (χ0) is 19.3. The summed E-state index contributed by atoms with van der Waals surface area (Å²) in [5.74, 6) is 2.49. The first kappa shape index (κ1) is 24.8. The highest BCUT2D eigenvalue weighted by Crippen LogP contribution is 2.16. The third-order valence-corrected chi connectivity index (χ3v) is 4.70. The first-order valence-electron chi connectivity index (χ1n) is 9.83. The van der Waals surface area contributed by atoms with Crippen molar-refractivity contribution < 1.29 is 9.47 Å². The van der Waals surface area contributed by atoms with Crippen molar-refractivity contribution in [1.29, 1.82) is 0 Å². The Morgan fingerprint density at radius 2 is 1.75 bits per heavy atom. The number of hydrogen-bond acceptors (Lipinski definition) is 5. The van der Waals surface area contributed by atoms with Crippen molar-refractivity contribution >= 4 is 29.9 Å². The van der Waals surface area contributed by atoms with Gasteiger partial charge in [0.2, 0.25) is 0 Å². The molecule has 0 aliphatic carbocycles. The van der Waals surface area contributed by atoms with Gasteiger partial charge < -0.3 is 29.9 Å². The van der Waals surface area contributed by atoms with Gasteiger partial charge in [0, 0.05) is 26.7 Å². The number of hydrogen-bond donors (Lipinski definition) is 2. The fraction of sp³-hybridized carbons (Fsp3) is 0.650. The number of nitrogens with one attached hydrogen (secondary N) is 2. The van der Waals surface area contributed by atoms with E-state index in [9.17, 15) is 0 Å². The molecule has 1 aliphatic heterocycles. The van der Waals surface area contributed by atoms with Gasteiger partial charge in [-0.15, -0.1) is 24.0 Å². The van der Waals surface area contributed by atoms with Crippen molar-refractivity contribution in [2.45, 2.75) is 12.8 Å². The van der Waals surface area contributed by atoms with Crippen molar-refractivity contribution in [2.75, 3.05) is 73.6 Å². The van der Waals surface area contributed by atoms with Gasteiger partial charge in [0.15, 0.2) is 5.96 Å². The molecule has 160 valence electrons. The van der Waals surface area contributed by atoms with E-state index in [-0.39, 0.29) is 24.0 Å². The largest absolute Gasteiger partial charge is 0.497 e. The van der Waals surface area contributed by atoms with E-state index in [2.05, 4.69) is 32.5 Å². The molecule has 1 fully saturated rings. The van der Waals surface area contributed by atoms with E-state index in [1.54, 1.807) is 14.2 Å². The Morgan fingerprint density at radius 3 is 2.46 bits per heavy atom. The van der Waals surface area contributed by atoms with Gasteiger partial charge in [-0.2, -0.15) is 0 Å². The lowest BCUT2D eigenvalue weighted by Gasteiger charge is -2.20. The number of benzene rings is 1. The summed E-state index contributed by atoms with van der Waals surface area (Å²) in [6, 6.07) is 7.61. The highest BCUT2D eigenvalue weighted by molar-refractivity contribution is 14.0. The van der Waals surface area contributed by atoms with Crippen LogP contribution in [-0.2, 0) is 0 Å². The number of aliphatic imine (C=N–C) groups is 1. The first-order valence-corrected chi connectivity index (χ1v) is 9.83. The number of methoxy groups -OCH3 is 1. The van der Waals surface area contributed by atoms with Crippen molar-refractivity contribution in [3.8, 4) is 11.5 Å². The fourth-order valence-electron chi connectivity index (χ4n) is 3.06.